The number of nitrogens with zero attached hydrogens (tertiary/aromatic N) is 2. The summed E-state index contributed by atoms with van der Waals surface area (Å²) in [6.45, 7) is 6.36. The Morgan fingerprint density at radius 2 is 1.92 bits per heavy atom. The molecular weight excluding hydrogens is 329 g/mol. The van der Waals surface area contributed by atoms with Crippen molar-refractivity contribution in [1.29, 1.82) is 0 Å². The number of anilines is 1. The summed E-state index contributed by atoms with van der Waals surface area (Å²) >= 11 is 0. The second-order valence-corrected chi connectivity index (χ2v) is 6.29. The van der Waals surface area contributed by atoms with Gasteiger partial charge in [-0.3, -0.25) is 4.99 Å². The van der Waals surface area contributed by atoms with E-state index in [4.69, 9.17) is 0 Å². The van der Waals surface area contributed by atoms with Crippen LogP contribution in [0.2, 0.25) is 0 Å². The van der Waals surface area contributed by atoms with Gasteiger partial charge < -0.3 is 15.0 Å². The van der Waals surface area contributed by atoms with E-state index in [-0.39, 0.29) is 11.7 Å². The Bertz CT molecular complexity index is 900. The number of rotatable bonds is 7. The monoisotopic (exact) mass is 353 g/mol. The quantitative estimate of drug-likeness (QED) is 0.560. The second kappa shape index (κ2) is 8.04. The Hall–Kier alpha value is -2.82. The molecule has 0 radical (unpaired) electrons. The molecule has 2 N–H and O–H groups in total. The van der Waals surface area contributed by atoms with E-state index in [1.54, 1.807) is 12.3 Å². The highest BCUT2D eigenvalue weighted by Crippen LogP contribution is 2.27. The van der Waals surface area contributed by atoms with Crippen molar-refractivity contribution in [3.63, 3.8) is 0 Å². The highest BCUT2D eigenvalue weighted by Gasteiger charge is 2.09. The maximum Gasteiger partial charge on any atom is 0.198 e. The van der Waals surface area contributed by atoms with Crippen molar-refractivity contribution in [3.05, 3.63) is 53.8 Å². The Kier molecular flexibility index (Phi) is 5.56. The molecule has 2 aromatic carbocycles. The van der Waals surface area contributed by atoms with E-state index < -0.39 is 0 Å². The Labute approximate surface area is 153 Å². The fourth-order valence-electron chi connectivity index (χ4n) is 3.01. The standard InChI is InChI=1S/C21H24FN3O/c1-3-5-12-25(4-2)17-9-7-16(8-10-17)23-14-19-18-13-15(22)6-11-20(18)24-21(19)26/h6-11,13-14,24,26H,3-5,12H2,1-2H3. The molecule has 0 aliphatic heterocycles. The van der Waals surface area contributed by atoms with Crippen LogP contribution in [-0.2, 0) is 0 Å². The summed E-state index contributed by atoms with van der Waals surface area (Å²) in [7, 11) is 0. The lowest BCUT2D eigenvalue weighted by Gasteiger charge is -2.22. The van der Waals surface area contributed by atoms with E-state index in [0.29, 0.717) is 16.5 Å². The van der Waals surface area contributed by atoms with Crippen molar-refractivity contribution in [2.45, 2.75) is 26.7 Å². The molecule has 0 unspecified atom stereocenters. The molecule has 0 bridgehead atoms. The first-order chi connectivity index (χ1) is 12.6. The number of hydrogen-bond donors (Lipinski definition) is 2. The molecule has 0 aliphatic carbocycles. The minimum absolute atomic E-state index is 0.0114. The number of aromatic hydroxyl groups is 1. The van der Waals surface area contributed by atoms with Gasteiger partial charge in [-0.1, -0.05) is 13.3 Å². The third kappa shape index (κ3) is 3.87. The average molecular weight is 353 g/mol. The Morgan fingerprint density at radius 3 is 2.62 bits per heavy atom. The molecule has 0 spiro atoms. The lowest BCUT2D eigenvalue weighted by molar-refractivity contribution is 0.457. The summed E-state index contributed by atoms with van der Waals surface area (Å²) in [6.07, 6.45) is 3.91. The maximum atomic E-state index is 13.5. The van der Waals surface area contributed by atoms with Crippen molar-refractivity contribution < 1.29 is 9.50 Å². The lowest BCUT2D eigenvalue weighted by atomic mass is 10.2. The summed E-state index contributed by atoms with van der Waals surface area (Å²) in [5.41, 5.74) is 3.12. The van der Waals surface area contributed by atoms with E-state index in [1.807, 2.05) is 12.1 Å². The molecule has 3 rings (SSSR count). The number of aromatic nitrogens is 1. The van der Waals surface area contributed by atoms with Crippen LogP contribution in [0.1, 0.15) is 32.3 Å². The predicted molar refractivity (Wildman–Crippen MR) is 106 cm³/mol. The zero-order chi connectivity index (χ0) is 18.5. The number of nitrogens with one attached hydrogen (secondary N) is 1. The number of hydrogen-bond acceptors (Lipinski definition) is 3. The van der Waals surface area contributed by atoms with Crippen LogP contribution in [-0.4, -0.2) is 29.4 Å². The minimum Gasteiger partial charge on any atom is -0.494 e. The van der Waals surface area contributed by atoms with Crippen LogP contribution in [0, 0.1) is 5.82 Å². The predicted octanol–water partition coefficient (Wildman–Crippen LogP) is 5.39. The molecule has 4 nitrogen and oxygen atoms in total. The molecule has 1 heterocycles. The van der Waals surface area contributed by atoms with E-state index in [1.165, 1.54) is 30.7 Å². The van der Waals surface area contributed by atoms with Gasteiger partial charge in [-0.2, -0.15) is 0 Å². The Balaban J connectivity index is 1.81. The third-order valence-electron chi connectivity index (χ3n) is 4.50. The van der Waals surface area contributed by atoms with Gasteiger partial charge in [0.2, 0.25) is 0 Å². The van der Waals surface area contributed by atoms with Gasteiger partial charge in [0.1, 0.15) is 5.82 Å². The van der Waals surface area contributed by atoms with Crippen LogP contribution in [0.5, 0.6) is 5.88 Å². The average Bonchev–Trinajstić information content (AvgIpc) is 2.96. The van der Waals surface area contributed by atoms with E-state index in [0.717, 1.165) is 18.8 Å². The largest absolute Gasteiger partial charge is 0.494 e. The third-order valence-corrected chi connectivity index (χ3v) is 4.50. The molecule has 3 aromatic rings. The molecule has 0 atom stereocenters. The van der Waals surface area contributed by atoms with Crippen LogP contribution >= 0.6 is 0 Å². The topological polar surface area (TPSA) is 51.6 Å². The first kappa shape index (κ1) is 18.0. The first-order valence-corrected chi connectivity index (χ1v) is 9.01. The highest BCUT2D eigenvalue weighted by molar-refractivity contribution is 6.02. The van der Waals surface area contributed by atoms with Crippen molar-refractivity contribution in [2.75, 3.05) is 18.0 Å². The van der Waals surface area contributed by atoms with E-state index in [2.05, 4.69) is 40.9 Å². The SMILES string of the molecule is CCCCN(CC)c1ccc(N=Cc2c(O)[nH]c3ccc(F)cc23)cc1. The summed E-state index contributed by atoms with van der Waals surface area (Å²) < 4.78 is 13.5. The van der Waals surface area contributed by atoms with Gasteiger partial charge in [-0.15, -0.1) is 0 Å². The number of halogens is 1. The van der Waals surface area contributed by atoms with Crippen LogP contribution in [0.25, 0.3) is 10.9 Å². The molecule has 1 aromatic heterocycles. The van der Waals surface area contributed by atoms with E-state index in [9.17, 15) is 9.50 Å². The summed E-state index contributed by atoms with van der Waals surface area (Å²) in [4.78, 5) is 9.60. The molecule has 26 heavy (non-hydrogen) atoms. The fraction of sp³-hybridized carbons (Fsp3) is 0.286. The Morgan fingerprint density at radius 1 is 1.15 bits per heavy atom. The lowest BCUT2D eigenvalue weighted by Crippen LogP contribution is -2.23. The summed E-state index contributed by atoms with van der Waals surface area (Å²) in [6, 6.07) is 12.4. The zero-order valence-corrected chi connectivity index (χ0v) is 15.2. The van der Waals surface area contributed by atoms with Crippen LogP contribution in [0.15, 0.2) is 47.5 Å². The number of aromatic amines is 1. The molecular formula is C21H24FN3O. The van der Waals surface area contributed by atoms with Crippen LogP contribution in [0.4, 0.5) is 15.8 Å². The molecule has 0 amide bonds. The van der Waals surface area contributed by atoms with Crippen molar-refractivity contribution in [2.24, 2.45) is 4.99 Å². The van der Waals surface area contributed by atoms with Gasteiger partial charge >= 0.3 is 0 Å². The van der Waals surface area contributed by atoms with Gasteiger partial charge in [0, 0.05) is 35.9 Å². The van der Waals surface area contributed by atoms with Gasteiger partial charge in [0.15, 0.2) is 5.88 Å². The number of aliphatic imine (C=N–C) groups is 1. The van der Waals surface area contributed by atoms with Gasteiger partial charge in [0.25, 0.3) is 0 Å². The highest BCUT2D eigenvalue weighted by atomic mass is 19.1. The van der Waals surface area contributed by atoms with Gasteiger partial charge in [-0.25, -0.2) is 4.39 Å². The number of benzene rings is 2. The molecule has 5 heteroatoms. The van der Waals surface area contributed by atoms with Crippen molar-refractivity contribution in [1.82, 2.24) is 4.98 Å². The molecule has 0 fully saturated rings. The van der Waals surface area contributed by atoms with Gasteiger partial charge in [-0.05, 0) is 55.8 Å². The maximum absolute atomic E-state index is 13.5. The minimum atomic E-state index is -0.345. The molecule has 136 valence electrons. The second-order valence-electron chi connectivity index (χ2n) is 6.29. The number of H-pyrrole nitrogens is 1. The van der Waals surface area contributed by atoms with Crippen LogP contribution in [0.3, 0.4) is 0 Å². The summed E-state index contributed by atoms with van der Waals surface area (Å²) in [5.74, 6) is -0.357. The number of fused-ring (bicyclic) bond motifs is 1. The van der Waals surface area contributed by atoms with Crippen molar-refractivity contribution in [3.8, 4) is 5.88 Å². The molecule has 0 aliphatic rings. The molecule has 0 saturated carbocycles. The zero-order valence-electron chi connectivity index (χ0n) is 15.2. The fourth-order valence-corrected chi connectivity index (χ4v) is 3.01. The molecule has 0 saturated heterocycles. The van der Waals surface area contributed by atoms with E-state index >= 15 is 0 Å². The normalized spacial score (nSPS) is 11.5. The summed E-state index contributed by atoms with van der Waals surface area (Å²) in [5, 5.41) is 10.7. The van der Waals surface area contributed by atoms with Crippen LogP contribution < -0.4 is 4.90 Å². The van der Waals surface area contributed by atoms with Crippen molar-refractivity contribution >= 4 is 28.5 Å². The smallest absolute Gasteiger partial charge is 0.198 e. The first-order valence-electron chi connectivity index (χ1n) is 9.01. The van der Waals surface area contributed by atoms with Gasteiger partial charge in [0.05, 0.1) is 11.3 Å². The number of unbranched alkanes of at least 4 members (excludes halogenated alkanes) is 1.